The van der Waals surface area contributed by atoms with E-state index in [0.29, 0.717) is 5.56 Å². The normalized spacial score (nSPS) is 17.4. The number of nitrogens with zero attached hydrogens (tertiary/aromatic N) is 4. The van der Waals surface area contributed by atoms with Gasteiger partial charge in [-0.25, -0.2) is 4.68 Å². The van der Waals surface area contributed by atoms with Crippen molar-refractivity contribution < 1.29 is 9.72 Å². The van der Waals surface area contributed by atoms with Gasteiger partial charge in [0.1, 0.15) is 0 Å². The van der Waals surface area contributed by atoms with Gasteiger partial charge in [-0.3, -0.25) is 20.2 Å². The molecule has 102 valence electrons. The zero-order valence-corrected chi connectivity index (χ0v) is 10.2. The van der Waals surface area contributed by atoms with E-state index in [9.17, 15) is 14.9 Å². The van der Waals surface area contributed by atoms with Gasteiger partial charge in [-0.05, 0) is 5.56 Å². The first kappa shape index (κ1) is 12.1. The van der Waals surface area contributed by atoms with Crippen molar-refractivity contribution in [2.45, 2.75) is 12.5 Å². The Morgan fingerprint density at radius 1 is 1.50 bits per heavy atom. The third-order valence-corrected chi connectivity index (χ3v) is 3.04. The van der Waals surface area contributed by atoms with Crippen LogP contribution >= 0.6 is 0 Å². The molecule has 0 aliphatic carbocycles. The van der Waals surface area contributed by atoms with Crippen LogP contribution in [0.5, 0.6) is 0 Å². The molecular formula is C11H10N6O3. The molecule has 0 saturated heterocycles. The van der Waals surface area contributed by atoms with Gasteiger partial charge in [0.25, 0.3) is 5.69 Å². The fourth-order valence-electron chi connectivity index (χ4n) is 2.18. The number of fused-ring (bicyclic) bond motifs is 1. The van der Waals surface area contributed by atoms with Crippen LogP contribution in [-0.4, -0.2) is 25.6 Å². The molecule has 20 heavy (non-hydrogen) atoms. The van der Waals surface area contributed by atoms with Gasteiger partial charge in [-0.15, -0.1) is 5.10 Å². The fraction of sp³-hybridized carbons (Fsp3) is 0.182. The number of benzene rings is 1. The average Bonchev–Trinajstić information content (AvgIpc) is 2.78. The second kappa shape index (κ2) is 4.30. The maximum absolute atomic E-state index is 11.7. The van der Waals surface area contributed by atoms with Gasteiger partial charge >= 0.3 is 0 Å². The molecule has 3 N–H and O–H groups in total. The predicted octanol–water partition coefficient (Wildman–Crippen LogP) is 0.700. The van der Waals surface area contributed by atoms with E-state index in [1.807, 2.05) is 0 Å². The summed E-state index contributed by atoms with van der Waals surface area (Å²) in [6.45, 7) is 0. The number of hydrogen-bond donors (Lipinski definition) is 2. The zero-order chi connectivity index (χ0) is 14.3. The smallest absolute Gasteiger partial charge is 0.269 e. The Morgan fingerprint density at radius 3 is 3.05 bits per heavy atom. The molecule has 9 heteroatoms. The Kier molecular flexibility index (Phi) is 2.60. The lowest BCUT2D eigenvalue weighted by atomic mass is 10.0. The van der Waals surface area contributed by atoms with Crippen LogP contribution in [0, 0.1) is 10.1 Å². The summed E-state index contributed by atoms with van der Waals surface area (Å²) in [6.07, 6.45) is 0.122. The van der Waals surface area contributed by atoms with Gasteiger partial charge in [0.2, 0.25) is 17.8 Å². The molecule has 0 saturated carbocycles. The molecule has 0 unspecified atom stereocenters. The lowest BCUT2D eigenvalue weighted by Crippen LogP contribution is -2.29. The fourth-order valence-corrected chi connectivity index (χ4v) is 2.18. The van der Waals surface area contributed by atoms with Crippen LogP contribution < -0.4 is 11.1 Å². The molecule has 3 rings (SSSR count). The molecule has 1 aromatic carbocycles. The number of aromatic nitrogens is 3. The van der Waals surface area contributed by atoms with Crippen LogP contribution in [0.15, 0.2) is 24.3 Å². The first-order valence-corrected chi connectivity index (χ1v) is 5.81. The summed E-state index contributed by atoms with van der Waals surface area (Å²) in [7, 11) is 0. The Hall–Kier alpha value is -2.97. The van der Waals surface area contributed by atoms with E-state index in [4.69, 9.17) is 5.73 Å². The van der Waals surface area contributed by atoms with Gasteiger partial charge in [0, 0.05) is 12.1 Å². The number of non-ortho nitro benzene ring substituents is 1. The van der Waals surface area contributed by atoms with Crippen LogP contribution in [-0.2, 0) is 4.79 Å². The zero-order valence-electron chi connectivity index (χ0n) is 10.2. The summed E-state index contributed by atoms with van der Waals surface area (Å²) >= 11 is 0. The number of nitro benzene ring substituents is 1. The third kappa shape index (κ3) is 1.94. The number of hydrogen-bond acceptors (Lipinski definition) is 6. The van der Waals surface area contributed by atoms with Crippen LogP contribution in [0.3, 0.4) is 0 Å². The molecule has 2 heterocycles. The minimum absolute atomic E-state index is 0.0388. The SMILES string of the molecule is Nc1nc2n(n1)[C@@H](c1cccc([N+](=O)[O-])c1)CC(=O)N2. The number of nitro groups is 1. The van der Waals surface area contributed by atoms with Crippen LogP contribution in [0.25, 0.3) is 0 Å². The minimum Gasteiger partial charge on any atom is -0.366 e. The van der Waals surface area contributed by atoms with Gasteiger partial charge in [-0.2, -0.15) is 4.98 Å². The maximum Gasteiger partial charge on any atom is 0.269 e. The van der Waals surface area contributed by atoms with E-state index in [2.05, 4.69) is 15.4 Å². The van der Waals surface area contributed by atoms with Crippen molar-refractivity contribution in [1.82, 2.24) is 14.8 Å². The summed E-state index contributed by atoms with van der Waals surface area (Å²) in [5.41, 5.74) is 6.09. The van der Waals surface area contributed by atoms with Crippen LogP contribution in [0.4, 0.5) is 17.6 Å². The van der Waals surface area contributed by atoms with E-state index in [1.165, 1.54) is 16.8 Å². The number of anilines is 2. The van der Waals surface area contributed by atoms with Crippen molar-refractivity contribution in [2.24, 2.45) is 0 Å². The number of rotatable bonds is 2. The molecule has 2 aromatic rings. The first-order chi connectivity index (χ1) is 9.54. The summed E-state index contributed by atoms with van der Waals surface area (Å²) < 4.78 is 1.47. The van der Waals surface area contributed by atoms with Crippen molar-refractivity contribution in [2.75, 3.05) is 11.1 Å². The lowest BCUT2D eigenvalue weighted by molar-refractivity contribution is -0.384. The Morgan fingerprint density at radius 2 is 2.30 bits per heavy atom. The number of nitrogens with two attached hydrogens (primary N) is 1. The van der Waals surface area contributed by atoms with Gasteiger partial charge in [0.05, 0.1) is 17.4 Å². The number of carbonyl (C=O) groups excluding carboxylic acids is 1. The number of carbonyl (C=O) groups is 1. The highest BCUT2D eigenvalue weighted by molar-refractivity contribution is 5.91. The lowest BCUT2D eigenvalue weighted by Gasteiger charge is -2.23. The summed E-state index contributed by atoms with van der Waals surface area (Å²) in [5, 5.41) is 17.4. The summed E-state index contributed by atoms with van der Waals surface area (Å²) in [6, 6.07) is 5.63. The van der Waals surface area contributed by atoms with Crippen molar-refractivity contribution in [3.63, 3.8) is 0 Å². The first-order valence-electron chi connectivity index (χ1n) is 5.81. The largest absolute Gasteiger partial charge is 0.366 e. The average molecular weight is 274 g/mol. The molecule has 9 nitrogen and oxygen atoms in total. The van der Waals surface area contributed by atoms with Crippen molar-refractivity contribution in [3.8, 4) is 0 Å². The van der Waals surface area contributed by atoms with Gasteiger partial charge in [-0.1, -0.05) is 12.1 Å². The van der Waals surface area contributed by atoms with Crippen molar-refractivity contribution >= 4 is 23.5 Å². The highest BCUT2D eigenvalue weighted by Gasteiger charge is 2.29. The molecule has 1 aliphatic heterocycles. The molecule has 0 fully saturated rings. The molecule has 0 radical (unpaired) electrons. The van der Waals surface area contributed by atoms with Crippen molar-refractivity contribution in [1.29, 1.82) is 0 Å². The summed E-state index contributed by atoms with van der Waals surface area (Å²) in [4.78, 5) is 25.9. The maximum atomic E-state index is 11.7. The minimum atomic E-state index is -0.483. The number of nitrogens with one attached hydrogen (secondary N) is 1. The van der Waals surface area contributed by atoms with Gasteiger partial charge in [0.15, 0.2) is 0 Å². The molecule has 1 aromatic heterocycles. The molecular weight excluding hydrogens is 264 g/mol. The summed E-state index contributed by atoms with van der Waals surface area (Å²) in [5.74, 6) is 0.0503. The molecule has 0 spiro atoms. The monoisotopic (exact) mass is 274 g/mol. The number of nitrogen functional groups attached to an aromatic ring is 1. The second-order valence-corrected chi connectivity index (χ2v) is 4.36. The Balaban J connectivity index is 2.08. The van der Waals surface area contributed by atoms with Crippen LogP contribution in [0.2, 0.25) is 0 Å². The molecule has 0 bridgehead atoms. The number of amides is 1. The molecule has 1 aliphatic rings. The quantitative estimate of drug-likeness (QED) is 0.612. The second-order valence-electron chi connectivity index (χ2n) is 4.36. The third-order valence-electron chi connectivity index (χ3n) is 3.04. The Labute approximate surface area is 112 Å². The highest BCUT2D eigenvalue weighted by atomic mass is 16.6. The topological polar surface area (TPSA) is 129 Å². The highest BCUT2D eigenvalue weighted by Crippen LogP contribution is 2.30. The van der Waals surface area contributed by atoms with Crippen LogP contribution in [0.1, 0.15) is 18.0 Å². The molecule has 1 atom stereocenters. The predicted molar refractivity (Wildman–Crippen MR) is 68.9 cm³/mol. The van der Waals surface area contributed by atoms with Gasteiger partial charge < -0.3 is 5.73 Å². The molecule has 1 amide bonds. The van der Waals surface area contributed by atoms with E-state index in [1.54, 1.807) is 12.1 Å². The van der Waals surface area contributed by atoms with E-state index in [-0.39, 0.29) is 29.9 Å². The standard InChI is InChI=1S/C11H10N6O3/c12-10-14-11-13-9(18)5-8(16(11)15-10)6-2-1-3-7(4-6)17(19)20/h1-4,8H,5H2,(H3,12,13,14,15,18)/t8-/m1/s1. The van der Waals surface area contributed by atoms with E-state index < -0.39 is 11.0 Å². The van der Waals surface area contributed by atoms with Crippen molar-refractivity contribution in [3.05, 3.63) is 39.9 Å². The Bertz CT molecular complexity index is 710. The van der Waals surface area contributed by atoms with E-state index >= 15 is 0 Å². The van der Waals surface area contributed by atoms with E-state index in [0.717, 1.165) is 0 Å².